The first-order valence-corrected chi connectivity index (χ1v) is 10.7. The van der Waals surface area contributed by atoms with Crippen molar-refractivity contribution in [3.63, 3.8) is 0 Å². The van der Waals surface area contributed by atoms with E-state index in [0.29, 0.717) is 0 Å². The first-order valence-electron chi connectivity index (χ1n) is 10.7. The summed E-state index contributed by atoms with van der Waals surface area (Å²) in [6.07, 6.45) is 1.15. The SMILES string of the molecule is c1cc2cc(C3N=N3)ccc2cc1NCCCNc1ccc2cc(C3N=N3)ccc2c1. The molecule has 0 fully saturated rings. The van der Waals surface area contributed by atoms with Gasteiger partial charge in [0, 0.05) is 35.6 Å². The molecule has 0 aromatic heterocycles. The van der Waals surface area contributed by atoms with E-state index in [0.717, 1.165) is 30.9 Å². The summed E-state index contributed by atoms with van der Waals surface area (Å²) in [6.45, 7) is 1.84. The largest absolute Gasteiger partial charge is 0.385 e. The lowest BCUT2D eigenvalue weighted by atomic mass is 10.1. The topological polar surface area (TPSA) is 73.5 Å². The zero-order valence-corrected chi connectivity index (χ0v) is 17.0. The number of rotatable bonds is 8. The van der Waals surface area contributed by atoms with Gasteiger partial charge in [0.15, 0.2) is 0 Å². The predicted molar refractivity (Wildman–Crippen MR) is 125 cm³/mol. The first-order chi connectivity index (χ1) is 15.3. The van der Waals surface area contributed by atoms with Gasteiger partial charge in [0.05, 0.1) is 0 Å². The number of fused-ring (bicyclic) bond motifs is 2. The summed E-state index contributed by atoms with van der Waals surface area (Å²) in [5.74, 6) is 0. The molecule has 6 rings (SSSR count). The monoisotopic (exact) mass is 406 g/mol. The highest BCUT2D eigenvalue weighted by molar-refractivity contribution is 5.87. The van der Waals surface area contributed by atoms with Crippen LogP contribution in [0.15, 0.2) is 93.3 Å². The molecule has 6 nitrogen and oxygen atoms in total. The minimum atomic E-state index is 0.0596. The molecule has 6 heteroatoms. The van der Waals surface area contributed by atoms with E-state index in [1.54, 1.807) is 0 Å². The molecule has 0 bridgehead atoms. The predicted octanol–water partition coefficient (Wildman–Crippen LogP) is 6.84. The van der Waals surface area contributed by atoms with E-state index in [1.165, 1.54) is 32.7 Å². The maximum absolute atomic E-state index is 4.00. The van der Waals surface area contributed by atoms with Gasteiger partial charge in [0.2, 0.25) is 12.3 Å². The molecule has 31 heavy (non-hydrogen) atoms. The molecular formula is C25H22N6. The third-order valence-electron chi connectivity index (χ3n) is 5.80. The molecule has 4 aromatic rings. The molecule has 0 unspecified atom stereocenters. The summed E-state index contributed by atoms with van der Waals surface area (Å²) in [4.78, 5) is 0. The van der Waals surface area contributed by atoms with E-state index >= 15 is 0 Å². The Bertz CT molecular complexity index is 1230. The quantitative estimate of drug-likeness (QED) is 0.315. The zero-order valence-electron chi connectivity index (χ0n) is 17.0. The third-order valence-corrected chi connectivity index (χ3v) is 5.80. The molecule has 2 aliphatic heterocycles. The number of hydrogen-bond donors (Lipinski definition) is 2. The van der Waals surface area contributed by atoms with Crippen molar-refractivity contribution in [1.29, 1.82) is 0 Å². The summed E-state index contributed by atoms with van der Waals surface area (Å²) >= 11 is 0. The number of nitrogens with one attached hydrogen (secondary N) is 2. The van der Waals surface area contributed by atoms with E-state index in [2.05, 4.69) is 104 Å². The highest BCUT2D eigenvalue weighted by atomic mass is 15.4. The molecule has 0 saturated heterocycles. The van der Waals surface area contributed by atoms with Gasteiger partial charge < -0.3 is 10.6 Å². The summed E-state index contributed by atoms with van der Waals surface area (Å²) in [5, 5.41) is 28.0. The summed E-state index contributed by atoms with van der Waals surface area (Å²) in [5.41, 5.74) is 4.64. The second kappa shape index (κ2) is 7.47. The molecule has 0 saturated carbocycles. The Morgan fingerprint density at radius 2 is 0.935 bits per heavy atom. The summed E-state index contributed by atoms with van der Waals surface area (Å²) in [6, 6.07) is 25.9. The lowest BCUT2D eigenvalue weighted by Gasteiger charge is -2.10. The van der Waals surface area contributed by atoms with Crippen LogP contribution in [0.3, 0.4) is 0 Å². The van der Waals surface area contributed by atoms with Gasteiger partial charge in [-0.25, -0.2) is 0 Å². The standard InChI is InChI=1S/C25H22N6/c1(10-26-22-8-6-16-12-20(24-28-29-24)4-2-18(16)14-22)11-27-23-9-7-17-13-21(25-30-31-25)5-3-19(17)15-23/h2-9,12-15,24-27H,1,10-11H2. The van der Waals surface area contributed by atoms with Crippen LogP contribution >= 0.6 is 0 Å². The second-order valence-electron chi connectivity index (χ2n) is 8.06. The molecule has 0 atom stereocenters. The summed E-state index contributed by atoms with van der Waals surface area (Å²) in [7, 11) is 0. The van der Waals surface area contributed by atoms with Crippen LogP contribution in [0.4, 0.5) is 11.4 Å². The minimum absolute atomic E-state index is 0.0596. The van der Waals surface area contributed by atoms with Crippen LogP contribution < -0.4 is 10.6 Å². The number of nitrogens with zero attached hydrogens (tertiary/aromatic N) is 4. The van der Waals surface area contributed by atoms with Gasteiger partial charge in [-0.15, -0.1) is 0 Å². The fourth-order valence-electron chi connectivity index (χ4n) is 3.96. The van der Waals surface area contributed by atoms with E-state index in [4.69, 9.17) is 0 Å². The van der Waals surface area contributed by atoms with Crippen LogP contribution in [0, 0.1) is 0 Å². The van der Waals surface area contributed by atoms with E-state index < -0.39 is 0 Å². The average Bonchev–Trinajstić information content (AvgIpc) is 3.71. The summed E-state index contributed by atoms with van der Waals surface area (Å²) < 4.78 is 0. The van der Waals surface area contributed by atoms with Crippen LogP contribution in [0.2, 0.25) is 0 Å². The molecule has 2 N–H and O–H groups in total. The molecule has 152 valence electrons. The Morgan fingerprint density at radius 1 is 0.516 bits per heavy atom. The molecule has 2 aliphatic rings. The van der Waals surface area contributed by atoms with E-state index in [-0.39, 0.29) is 12.3 Å². The maximum Gasteiger partial charge on any atom is 0.206 e. The van der Waals surface area contributed by atoms with Gasteiger partial charge in [-0.3, -0.25) is 0 Å². The van der Waals surface area contributed by atoms with Crippen LogP contribution in [0.5, 0.6) is 0 Å². The van der Waals surface area contributed by atoms with Crippen molar-refractivity contribution >= 4 is 32.9 Å². The zero-order chi connectivity index (χ0) is 20.6. The first kappa shape index (κ1) is 18.0. The molecule has 0 radical (unpaired) electrons. The normalized spacial score (nSPS) is 15.0. The molecule has 0 amide bonds. The highest BCUT2D eigenvalue weighted by Crippen LogP contribution is 2.34. The molecule has 4 aromatic carbocycles. The third kappa shape index (κ3) is 3.97. The Kier molecular flexibility index (Phi) is 4.34. The van der Waals surface area contributed by atoms with Crippen LogP contribution in [-0.4, -0.2) is 13.1 Å². The minimum Gasteiger partial charge on any atom is -0.385 e. The smallest absolute Gasteiger partial charge is 0.206 e. The Labute approximate surface area is 180 Å². The lowest BCUT2D eigenvalue weighted by Crippen LogP contribution is -2.09. The van der Waals surface area contributed by atoms with Crippen LogP contribution in [0.1, 0.15) is 29.9 Å². The molecule has 0 spiro atoms. The van der Waals surface area contributed by atoms with Crippen molar-refractivity contribution < 1.29 is 0 Å². The van der Waals surface area contributed by atoms with Gasteiger partial charge in [-0.05, 0) is 64.4 Å². The number of hydrogen-bond acceptors (Lipinski definition) is 6. The average molecular weight is 406 g/mol. The Hall–Kier alpha value is -3.80. The maximum atomic E-state index is 4.00. The molecule has 2 heterocycles. The van der Waals surface area contributed by atoms with Gasteiger partial charge >= 0.3 is 0 Å². The van der Waals surface area contributed by atoms with E-state index in [9.17, 15) is 0 Å². The fourth-order valence-corrected chi connectivity index (χ4v) is 3.96. The fraction of sp³-hybridized carbons (Fsp3) is 0.200. The molecule has 0 aliphatic carbocycles. The number of benzene rings is 4. The van der Waals surface area contributed by atoms with Crippen molar-refractivity contribution in [2.45, 2.75) is 18.8 Å². The van der Waals surface area contributed by atoms with Gasteiger partial charge in [-0.1, -0.05) is 36.4 Å². The van der Waals surface area contributed by atoms with Crippen molar-refractivity contribution in [1.82, 2.24) is 0 Å². The van der Waals surface area contributed by atoms with Gasteiger partial charge in [-0.2, -0.15) is 20.5 Å². The highest BCUT2D eigenvalue weighted by Gasteiger charge is 2.19. The molecular weight excluding hydrogens is 384 g/mol. The lowest BCUT2D eigenvalue weighted by molar-refractivity contribution is 0.910. The van der Waals surface area contributed by atoms with Crippen LogP contribution in [-0.2, 0) is 0 Å². The van der Waals surface area contributed by atoms with Crippen molar-refractivity contribution in [2.75, 3.05) is 23.7 Å². The van der Waals surface area contributed by atoms with Crippen molar-refractivity contribution in [2.24, 2.45) is 20.5 Å². The van der Waals surface area contributed by atoms with Gasteiger partial charge in [0.25, 0.3) is 0 Å². The number of anilines is 2. The Balaban J connectivity index is 1.01. The van der Waals surface area contributed by atoms with Gasteiger partial charge in [0.1, 0.15) is 0 Å². The second-order valence-corrected chi connectivity index (χ2v) is 8.06. The Morgan fingerprint density at radius 3 is 1.39 bits per heavy atom. The van der Waals surface area contributed by atoms with Crippen LogP contribution in [0.25, 0.3) is 21.5 Å². The van der Waals surface area contributed by atoms with Crippen molar-refractivity contribution in [3.05, 3.63) is 83.9 Å². The van der Waals surface area contributed by atoms with Crippen molar-refractivity contribution in [3.8, 4) is 0 Å². The van der Waals surface area contributed by atoms with E-state index in [1.807, 2.05) is 0 Å².